The van der Waals surface area contributed by atoms with Crippen LogP contribution in [0.1, 0.15) is 10.6 Å². The van der Waals surface area contributed by atoms with Crippen LogP contribution in [0.5, 0.6) is 0 Å². The predicted molar refractivity (Wildman–Crippen MR) is 97.2 cm³/mol. The summed E-state index contributed by atoms with van der Waals surface area (Å²) >= 11 is 7.68. The fraction of sp³-hybridized carbons (Fsp3) is 0.176. The Bertz CT molecular complexity index is 981. The van der Waals surface area contributed by atoms with E-state index in [1.165, 1.54) is 29.7 Å². The highest BCUT2D eigenvalue weighted by atomic mass is 35.5. The number of fused-ring (bicyclic) bond motifs is 1. The van der Waals surface area contributed by atoms with Gasteiger partial charge in [0.05, 0.1) is 17.8 Å². The number of furan rings is 1. The van der Waals surface area contributed by atoms with E-state index in [4.69, 9.17) is 16.0 Å². The molecule has 2 N–H and O–H groups in total. The Balaban J connectivity index is 1.64. The third kappa shape index (κ3) is 3.46. The van der Waals surface area contributed by atoms with Crippen LogP contribution in [0.4, 0.5) is 13.2 Å². The highest BCUT2D eigenvalue weighted by molar-refractivity contribution is 7.09. The van der Waals surface area contributed by atoms with Crippen LogP contribution in [0, 0.1) is 0 Å². The number of carbonyl (C=O) groups is 1. The van der Waals surface area contributed by atoms with Gasteiger partial charge in [-0.15, -0.1) is 11.3 Å². The summed E-state index contributed by atoms with van der Waals surface area (Å²) in [6, 6.07) is 5.50. The topological polar surface area (TPSA) is 69.9 Å². The van der Waals surface area contributed by atoms with E-state index in [-0.39, 0.29) is 28.9 Å². The number of alkyl halides is 3. The number of amides is 1. The molecule has 0 bridgehead atoms. The van der Waals surface area contributed by atoms with Crippen molar-refractivity contribution in [2.75, 3.05) is 0 Å². The molecule has 1 unspecified atom stereocenters. The lowest BCUT2D eigenvalue weighted by molar-refractivity contribution is -0.125. The van der Waals surface area contributed by atoms with Crippen molar-refractivity contribution in [3.63, 3.8) is 0 Å². The summed E-state index contributed by atoms with van der Waals surface area (Å²) in [7, 11) is 0. The quantitative estimate of drug-likeness (QED) is 0.782. The average Bonchev–Trinajstić information content (AvgIpc) is 3.40. The molecule has 4 rings (SSSR count). The molecule has 6 nitrogen and oxygen atoms in total. The Labute approximate surface area is 166 Å². The van der Waals surface area contributed by atoms with Crippen molar-refractivity contribution in [1.29, 1.82) is 0 Å². The zero-order valence-electron chi connectivity index (χ0n) is 14.0. The minimum atomic E-state index is -4.70. The summed E-state index contributed by atoms with van der Waals surface area (Å²) in [5.74, 6) is -0.597. The summed E-state index contributed by atoms with van der Waals surface area (Å²) < 4.78 is 45.9. The number of hydrazine groups is 1. The van der Waals surface area contributed by atoms with Gasteiger partial charge in [-0.3, -0.25) is 9.80 Å². The van der Waals surface area contributed by atoms with Crippen LogP contribution in [0.3, 0.4) is 0 Å². The van der Waals surface area contributed by atoms with Gasteiger partial charge in [0.25, 0.3) is 0 Å². The molecule has 0 aromatic carbocycles. The van der Waals surface area contributed by atoms with E-state index in [0.717, 1.165) is 11.0 Å². The van der Waals surface area contributed by atoms with Gasteiger partial charge in [0.2, 0.25) is 5.91 Å². The molecule has 0 fully saturated rings. The third-order valence-electron chi connectivity index (χ3n) is 4.02. The molecule has 0 saturated heterocycles. The van der Waals surface area contributed by atoms with Crippen LogP contribution >= 0.6 is 22.9 Å². The van der Waals surface area contributed by atoms with Crippen LogP contribution < -0.4 is 10.7 Å². The predicted octanol–water partition coefficient (Wildman–Crippen LogP) is 3.50. The van der Waals surface area contributed by atoms with E-state index in [1.54, 1.807) is 0 Å². The average molecular weight is 429 g/mol. The lowest BCUT2D eigenvalue weighted by Crippen LogP contribution is -2.48. The van der Waals surface area contributed by atoms with Crippen LogP contribution in [-0.4, -0.2) is 28.8 Å². The van der Waals surface area contributed by atoms with Crippen LogP contribution in [0.25, 0.3) is 0 Å². The molecule has 2 aromatic rings. The molecule has 146 valence electrons. The monoisotopic (exact) mass is 428 g/mol. The van der Waals surface area contributed by atoms with Crippen molar-refractivity contribution in [2.24, 2.45) is 4.99 Å². The second-order valence-electron chi connectivity index (χ2n) is 5.87. The Morgan fingerprint density at radius 3 is 2.86 bits per heavy atom. The second-order valence-corrected chi connectivity index (χ2v) is 7.31. The normalized spacial score (nSPS) is 19.4. The summed E-state index contributed by atoms with van der Waals surface area (Å²) in [6.45, 7) is 0.247. The Hall–Kier alpha value is -2.56. The van der Waals surface area contributed by atoms with Gasteiger partial charge < -0.3 is 9.73 Å². The first-order valence-corrected chi connectivity index (χ1v) is 9.28. The van der Waals surface area contributed by atoms with Crippen molar-refractivity contribution >= 4 is 34.6 Å². The number of thiophene rings is 1. The number of hydrogen-bond donors (Lipinski definition) is 2. The van der Waals surface area contributed by atoms with Gasteiger partial charge in [-0.1, -0.05) is 17.7 Å². The summed E-state index contributed by atoms with van der Waals surface area (Å²) in [5, 5.41) is 5.06. The lowest BCUT2D eigenvalue weighted by atomic mass is 10.2. The number of carbonyl (C=O) groups excluding carboxylic acids is 1. The number of allylic oxidation sites excluding steroid dienone is 2. The number of hydrogen-bond acceptors (Lipinski definition) is 6. The van der Waals surface area contributed by atoms with Gasteiger partial charge in [-0.05, 0) is 29.7 Å². The Morgan fingerprint density at radius 1 is 1.39 bits per heavy atom. The molecular formula is C17H12ClF3N4O2S. The van der Waals surface area contributed by atoms with Crippen molar-refractivity contribution in [3.8, 4) is 0 Å². The first-order chi connectivity index (χ1) is 13.3. The number of nitrogens with one attached hydrogen (secondary N) is 2. The summed E-state index contributed by atoms with van der Waals surface area (Å²) in [4.78, 5) is 17.5. The number of nitrogens with zero attached hydrogens (tertiary/aromatic N) is 2. The fourth-order valence-corrected chi connectivity index (χ4v) is 3.65. The van der Waals surface area contributed by atoms with Crippen molar-refractivity contribution in [2.45, 2.75) is 18.8 Å². The molecular weight excluding hydrogens is 417 g/mol. The molecule has 0 saturated carbocycles. The number of aliphatic imine (C=N–C) groups is 1. The first-order valence-electron chi connectivity index (χ1n) is 8.02. The molecule has 28 heavy (non-hydrogen) atoms. The van der Waals surface area contributed by atoms with Gasteiger partial charge in [0, 0.05) is 4.88 Å². The maximum Gasteiger partial charge on any atom is 0.433 e. The van der Waals surface area contributed by atoms with E-state index in [0.29, 0.717) is 5.01 Å². The summed E-state index contributed by atoms with van der Waals surface area (Å²) in [5.41, 5.74) is 1.40. The maximum atomic E-state index is 13.6. The van der Waals surface area contributed by atoms with Crippen molar-refractivity contribution in [1.82, 2.24) is 15.8 Å². The molecule has 0 radical (unpaired) electrons. The molecule has 1 amide bonds. The van der Waals surface area contributed by atoms with Gasteiger partial charge in [-0.25, -0.2) is 10.4 Å². The number of halogens is 4. The number of rotatable bonds is 4. The Morgan fingerprint density at radius 2 is 2.21 bits per heavy atom. The van der Waals surface area contributed by atoms with Gasteiger partial charge in [-0.2, -0.15) is 13.2 Å². The van der Waals surface area contributed by atoms with E-state index in [1.807, 2.05) is 17.5 Å². The molecule has 2 aliphatic rings. The standard InChI is InChI=1S/C17H12ClF3N4O2S/c18-13-14(16(26)22-8-9-3-2-6-28-9)24-25-12(17(19,20)21)7-10(23-15(13)25)11-4-1-5-27-11/h1-7,14,24H,8H2,(H,22,26). The van der Waals surface area contributed by atoms with Crippen LogP contribution in [0.2, 0.25) is 0 Å². The van der Waals surface area contributed by atoms with Crippen molar-refractivity contribution < 1.29 is 22.4 Å². The zero-order chi connectivity index (χ0) is 19.9. The molecule has 1 atom stereocenters. The highest BCUT2D eigenvalue weighted by Crippen LogP contribution is 2.38. The van der Waals surface area contributed by atoms with E-state index in [9.17, 15) is 18.0 Å². The zero-order valence-corrected chi connectivity index (χ0v) is 15.5. The van der Waals surface area contributed by atoms with Gasteiger partial charge in [0.1, 0.15) is 17.5 Å². The largest absolute Gasteiger partial charge is 0.463 e. The van der Waals surface area contributed by atoms with Gasteiger partial charge in [0.15, 0.2) is 11.6 Å². The van der Waals surface area contributed by atoms with E-state index < -0.39 is 23.8 Å². The summed E-state index contributed by atoms with van der Waals surface area (Å²) in [6.07, 6.45) is -2.54. The molecule has 0 spiro atoms. The fourth-order valence-electron chi connectivity index (χ4n) is 2.73. The molecule has 2 aliphatic heterocycles. The minimum Gasteiger partial charge on any atom is -0.463 e. The molecule has 2 aromatic heterocycles. The Kier molecular flexibility index (Phi) is 4.77. The minimum absolute atomic E-state index is 0.0387. The first kappa shape index (κ1) is 18.8. The van der Waals surface area contributed by atoms with E-state index in [2.05, 4.69) is 15.7 Å². The van der Waals surface area contributed by atoms with Crippen LogP contribution in [0.15, 0.2) is 67.9 Å². The van der Waals surface area contributed by atoms with E-state index >= 15 is 0 Å². The lowest BCUT2D eigenvalue weighted by Gasteiger charge is -2.28. The van der Waals surface area contributed by atoms with Crippen LogP contribution in [-0.2, 0) is 11.3 Å². The SMILES string of the molecule is O=C(NCc1cccs1)C1NN2C(C(F)(F)F)=CC(c3ccco3)=NC2=C1Cl. The molecule has 0 aliphatic carbocycles. The highest BCUT2D eigenvalue weighted by Gasteiger charge is 2.47. The third-order valence-corrected chi connectivity index (χ3v) is 5.28. The van der Waals surface area contributed by atoms with Gasteiger partial charge >= 0.3 is 6.18 Å². The maximum absolute atomic E-state index is 13.6. The second kappa shape index (κ2) is 7.12. The molecule has 4 heterocycles. The van der Waals surface area contributed by atoms with Crippen molar-refractivity contribution in [3.05, 3.63) is 69.2 Å². The molecule has 11 heteroatoms. The smallest absolute Gasteiger partial charge is 0.433 e.